The molecule has 1 heterocycles. The zero-order valence-corrected chi connectivity index (χ0v) is 7.85. The van der Waals surface area contributed by atoms with Gasteiger partial charge in [0.2, 0.25) is 5.95 Å². The number of aryl methyl sites for hydroxylation is 1. The van der Waals surface area contributed by atoms with E-state index in [-0.39, 0.29) is 5.56 Å². The molecule has 0 atom stereocenters. The van der Waals surface area contributed by atoms with Gasteiger partial charge in [-0.25, -0.2) is 4.98 Å². The Morgan fingerprint density at radius 2 is 2.38 bits per heavy atom. The van der Waals surface area contributed by atoms with E-state index < -0.39 is 0 Å². The Morgan fingerprint density at radius 1 is 1.69 bits per heavy atom. The number of hydrogen-bond donors (Lipinski definition) is 2. The molecule has 0 aliphatic rings. The van der Waals surface area contributed by atoms with Crippen LogP contribution in [-0.2, 0) is 6.42 Å². The molecule has 1 rings (SSSR count). The third kappa shape index (κ3) is 1.96. The van der Waals surface area contributed by atoms with Crippen molar-refractivity contribution < 1.29 is 0 Å². The maximum absolute atomic E-state index is 11.4. The molecule has 0 saturated carbocycles. The first-order chi connectivity index (χ1) is 6.19. The van der Waals surface area contributed by atoms with E-state index in [1.165, 1.54) is 0 Å². The molecule has 13 heavy (non-hydrogen) atoms. The summed E-state index contributed by atoms with van der Waals surface area (Å²) in [4.78, 5) is 18.2. The van der Waals surface area contributed by atoms with Crippen molar-refractivity contribution in [3.63, 3.8) is 0 Å². The Labute approximate surface area is 76.7 Å². The lowest BCUT2D eigenvalue weighted by atomic mass is 10.2. The minimum absolute atomic E-state index is 0.100. The molecule has 2 N–H and O–H groups in total. The Kier molecular flexibility index (Phi) is 2.84. The molecule has 1 aromatic heterocycles. The van der Waals surface area contributed by atoms with Crippen LogP contribution >= 0.6 is 0 Å². The normalized spacial score (nSPS) is 9.69. The molecule has 0 spiro atoms. The van der Waals surface area contributed by atoms with Crippen LogP contribution in [0.1, 0.15) is 11.3 Å². The van der Waals surface area contributed by atoms with E-state index in [4.69, 9.17) is 0 Å². The lowest BCUT2D eigenvalue weighted by molar-refractivity contribution is 0.994. The van der Waals surface area contributed by atoms with Crippen LogP contribution in [0.15, 0.2) is 17.4 Å². The standard InChI is InChI=1S/C9H13N3O/c1-4-5-7-6(2)11-9(10-3)12-8(7)13/h4H,1,5H2,2-3H3,(H2,10,11,12,13). The van der Waals surface area contributed by atoms with Crippen LogP contribution in [0, 0.1) is 6.92 Å². The molecule has 0 aromatic carbocycles. The predicted molar refractivity (Wildman–Crippen MR) is 53.0 cm³/mol. The van der Waals surface area contributed by atoms with Crippen molar-refractivity contribution in [3.05, 3.63) is 34.3 Å². The molecule has 0 fully saturated rings. The van der Waals surface area contributed by atoms with Gasteiger partial charge in [0.15, 0.2) is 0 Å². The van der Waals surface area contributed by atoms with Crippen LogP contribution in [0.3, 0.4) is 0 Å². The van der Waals surface area contributed by atoms with E-state index in [0.29, 0.717) is 17.9 Å². The van der Waals surface area contributed by atoms with Crippen LogP contribution in [0.4, 0.5) is 5.95 Å². The van der Waals surface area contributed by atoms with Gasteiger partial charge < -0.3 is 5.32 Å². The summed E-state index contributed by atoms with van der Waals surface area (Å²) >= 11 is 0. The monoisotopic (exact) mass is 179 g/mol. The minimum Gasteiger partial charge on any atom is -0.359 e. The van der Waals surface area contributed by atoms with Crippen LogP contribution in [0.25, 0.3) is 0 Å². The van der Waals surface area contributed by atoms with Gasteiger partial charge in [-0.15, -0.1) is 6.58 Å². The first-order valence-electron chi connectivity index (χ1n) is 4.07. The van der Waals surface area contributed by atoms with Gasteiger partial charge in [0.25, 0.3) is 5.56 Å². The molecule has 0 amide bonds. The van der Waals surface area contributed by atoms with Gasteiger partial charge in [0, 0.05) is 12.6 Å². The van der Waals surface area contributed by atoms with Crippen molar-refractivity contribution in [2.24, 2.45) is 0 Å². The van der Waals surface area contributed by atoms with Gasteiger partial charge in [-0.3, -0.25) is 9.78 Å². The molecule has 4 nitrogen and oxygen atoms in total. The molecule has 0 bridgehead atoms. The molecule has 1 aromatic rings. The molecule has 0 saturated heterocycles. The summed E-state index contributed by atoms with van der Waals surface area (Å²) in [6.07, 6.45) is 2.25. The van der Waals surface area contributed by atoms with Gasteiger partial charge in [-0.1, -0.05) is 6.08 Å². The van der Waals surface area contributed by atoms with Crippen molar-refractivity contribution >= 4 is 5.95 Å². The average molecular weight is 179 g/mol. The first kappa shape index (κ1) is 9.51. The second kappa shape index (κ2) is 3.89. The van der Waals surface area contributed by atoms with Gasteiger partial charge in [0.1, 0.15) is 0 Å². The zero-order chi connectivity index (χ0) is 9.84. The Hall–Kier alpha value is -1.58. The summed E-state index contributed by atoms with van der Waals surface area (Å²) in [5.74, 6) is 0.496. The van der Waals surface area contributed by atoms with E-state index >= 15 is 0 Å². The van der Waals surface area contributed by atoms with Gasteiger partial charge in [-0.05, 0) is 13.3 Å². The summed E-state index contributed by atoms with van der Waals surface area (Å²) < 4.78 is 0. The van der Waals surface area contributed by atoms with Gasteiger partial charge >= 0.3 is 0 Å². The average Bonchev–Trinajstić information content (AvgIpc) is 2.11. The fourth-order valence-corrected chi connectivity index (χ4v) is 1.11. The van der Waals surface area contributed by atoms with Crippen molar-refractivity contribution in [2.75, 3.05) is 12.4 Å². The SMILES string of the molecule is C=CCc1c(C)nc(NC)[nH]c1=O. The van der Waals surface area contributed by atoms with Crippen LogP contribution in [0.5, 0.6) is 0 Å². The highest BCUT2D eigenvalue weighted by Gasteiger charge is 2.04. The van der Waals surface area contributed by atoms with Gasteiger partial charge in [0.05, 0.1) is 5.69 Å². The topological polar surface area (TPSA) is 57.8 Å². The molecular weight excluding hydrogens is 166 g/mol. The smallest absolute Gasteiger partial charge is 0.256 e. The third-order valence-corrected chi connectivity index (χ3v) is 1.81. The number of nitrogens with one attached hydrogen (secondary N) is 2. The highest BCUT2D eigenvalue weighted by Crippen LogP contribution is 2.02. The summed E-state index contributed by atoms with van der Waals surface area (Å²) in [5, 5.41) is 2.79. The first-order valence-corrected chi connectivity index (χ1v) is 4.07. The van der Waals surface area contributed by atoms with Crippen molar-refractivity contribution in [2.45, 2.75) is 13.3 Å². The third-order valence-electron chi connectivity index (χ3n) is 1.81. The molecule has 0 aliphatic heterocycles. The number of aromatic amines is 1. The van der Waals surface area contributed by atoms with E-state index in [0.717, 1.165) is 5.69 Å². The Morgan fingerprint density at radius 3 is 2.85 bits per heavy atom. The van der Waals surface area contributed by atoms with Crippen LogP contribution in [-0.4, -0.2) is 17.0 Å². The maximum Gasteiger partial charge on any atom is 0.256 e. The van der Waals surface area contributed by atoms with E-state index in [2.05, 4.69) is 21.9 Å². The van der Waals surface area contributed by atoms with E-state index in [1.807, 2.05) is 6.92 Å². The van der Waals surface area contributed by atoms with E-state index in [1.54, 1.807) is 13.1 Å². The van der Waals surface area contributed by atoms with Crippen molar-refractivity contribution in [1.29, 1.82) is 0 Å². The molecule has 4 heteroatoms. The Balaban J connectivity index is 3.23. The van der Waals surface area contributed by atoms with Crippen molar-refractivity contribution in [3.8, 4) is 0 Å². The summed E-state index contributed by atoms with van der Waals surface area (Å²) in [6, 6.07) is 0. The molecular formula is C9H13N3O. The van der Waals surface area contributed by atoms with E-state index in [9.17, 15) is 4.79 Å². The number of hydrogen-bond acceptors (Lipinski definition) is 3. The number of nitrogens with zero attached hydrogens (tertiary/aromatic N) is 1. The second-order valence-corrected chi connectivity index (χ2v) is 2.72. The summed E-state index contributed by atoms with van der Waals surface area (Å²) in [7, 11) is 1.71. The molecule has 70 valence electrons. The van der Waals surface area contributed by atoms with Crippen molar-refractivity contribution in [1.82, 2.24) is 9.97 Å². The predicted octanol–water partition coefficient (Wildman–Crippen LogP) is 0.849. The van der Waals surface area contributed by atoms with Crippen LogP contribution in [0.2, 0.25) is 0 Å². The largest absolute Gasteiger partial charge is 0.359 e. The molecule has 0 aliphatic carbocycles. The summed E-state index contributed by atoms with van der Waals surface area (Å²) in [5.41, 5.74) is 1.32. The molecule has 0 unspecified atom stereocenters. The zero-order valence-electron chi connectivity index (χ0n) is 7.85. The lowest BCUT2D eigenvalue weighted by Gasteiger charge is -2.03. The van der Waals surface area contributed by atoms with Gasteiger partial charge in [-0.2, -0.15) is 0 Å². The highest BCUT2D eigenvalue weighted by molar-refractivity contribution is 5.29. The number of rotatable bonds is 3. The fraction of sp³-hybridized carbons (Fsp3) is 0.333. The fourth-order valence-electron chi connectivity index (χ4n) is 1.11. The summed E-state index contributed by atoms with van der Waals surface area (Å²) in [6.45, 7) is 5.40. The Bertz CT molecular complexity index is 368. The lowest BCUT2D eigenvalue weighted by Crippen LogP contribution is -2.17. The quantitative estimate of drug-likeness (QED) is 0.676. The number of allylic oxidation sites excluding steroid dienone is 1. The molecule has 0 radical (unpaired) electrons. The number of anilines is 1. The van der Waals surface area contributed by atoms with Crippen LogP contribution < -0.4 is 10.9 Å². The highest BCUT2D eigenvalue weighted by atomic mass is 16.1. The maximum atomic E-state index is 11.4. The number of aromatic nitrogens is 2. The second-order valence-electron chi connectivity index (χ2n) is 2.72. The minimum atomic E-state index is -0.100. The number of H-pyrrole nitrogens is 1.